The lowest BCUT2D eigenvalue weighted by molar-refractivity contribution is 1.18. The number of fused-ring (bicyclic) bond motifs is 1. The minimum Gasteiger partial charge on any atom is -0.255 e. The maximum Gasteiger partial charge on any atom is 0.331 e. The molecule has 0 spiro atoms. The molecule has 0 amide bonds. The van der Waals surface area contributed by atoms with Gasteiger partial charge in [0.25, 0.3) is 0 Å². The second-order valence-corrected chi connectivity index (χ2v) is 3.09. The van der Waals surface area contributed by atoms with Crippen LogP contribution in [0.3, 0.4) is 0 Å². The van der Waals surface area contributed by atoms with Crippen molar-refractivity contribution >= 4 is 27.8 Å². The summed E-state index contributed by atoms with van der Waals surface area (Å²) in [5.74, 6) is 0. The third kappa shape index (κ3) is 0.617. The molecule has 2 rings (SSSR count). The quantitative estimate of drug-likeness (QED) is 0.568. The largest absolute Gasteiger partial charge is 0.331 e. The van der Waals surface area contributed by atoms with Crippen LogP contribution in [0.5, 0.6) is 0 Å². The van der Waals surface area contributed by atoms with Gasteiger partial charge in [0.15, 0.2) is 0 Å². The van der Waals surface area contributed by atoms with Crippen molar-refractivity contribution in [2.75, 3.05) is 0 Å². The highest BCUT2D eigenvalue weighted by molar-refractivity contribution is 7.16. The summed E-state index contributed by atoms with van der Waals surface area (Å²) in [4.78, 5) is 11.5. The van der Waals surface area contributed by atoms with Gasteiger partial charge in [-0.05, 0) is 0 Å². The minimum absolute atomic E-state index is 0.00810. The van der Waals surface area contributed by atoms with Gasteiger partial charge in [0, 0.05) is 23.1 Å². The van der Waals surface area contributed by atoms with E-state index in [1.165, 1.54) is 15.7 Å². The lowest BCUT2D eigenvalue weighted by Crippen LogP contribution is -1.98. The fraction of sp³-hybridized carbons (Fsp3) is 0. The Labute approximate surface area is 58.4 Å². The van der Waals surface area contributed by atoms with E-state index in [-0.39, 0.29) is 4.87 Å². The van der Waals surface area contributed by atoms with Crippen LogP contribution in [-0.4, -0.2) is 8.77 Å². The molecule has 0 radical (unpaired) electrons. The van der Waals surface area contributed by atoms with Crippen LogP contribution in [0.2, 0.25) is 0 Å². The van der Waals surface area contributed by atoms with Gasteiger partial charge in [-0.2, -0.15) is 4.37 Å². The molecule has 0 saturated heterocycles. The first-order valence-electron chi connectivity index (χ1n) is 2.29. The molecule has 0 N–H and O–H groups in total. The molecular weight excluding hydrogens is 156 g/mol. The van der Waals surface area contributed by atoms with Crippen molar-refractivity contribution in [2.24, 2.45) is 0 Å². The van der Waals surface area contributed by atoms with E-state index in [2.05, 4.69) is 4.37 Å². The van der Waals surface area contributed by atoms with Crippen LogP contribution in [0.4, 0.5) is 0 Å². The van der Waals surface area contributed by atoms with E-state index in [0.717, 1.165) is 16.5 Å². The summed E-state index contributed by atoms with van der Waals surface area (Å²) in [6.45, 7) is 0. The first kappa shape index (κ1) is 5.13. The molecule has 2 aromatic rings. The summed E-state index contributed by atoms with van der Waals surface area (Å²) in [6.07, 6.45) is 1.73. The summed E-state index contributed by atoms with van der Waals surface area (Å²) in [6, 6.07) is 0. The van der Waals surface area contributed by atoms with Crippen LogP contribution in [0.25, 0.3) is 4.96 Å². The Balaban J connectivity index is 3.17. The first-order chi connectivity index (χ1) is 4.38. The Morgan fingerprint density at radius 2 is 2.56 bits per heavy atom. The average Bonchev–Trinajstić information content (AvgIpc) is 2.35. The van der Waals surface area contributed by atoms with Gasteiger partial charge in [0.2, 0.25) is 4.96 Å². The molecule has 9 heavy (non-hydrogen) atoms. The van der Waals surface area contributed by atoms with Crippen LogP contribution in [0.15, 0.2) is 16.4 Å². The molecule has 2 aromatic heterocycles. The van der Waals surface area contributed by atoms with Gasteiger partial charge in [-0.1, -0.05) is 0 Å². The molecule has 0 aliphatic heterocycles. The number of thiazole rings is 1. The summed E-state index contributed by atoms with van der Waals surface area (Å²) in [5, 5.41) is 1.84. The molecule has 2 heterocycles. The van der Waals surface area contributed by atoms with Crippen molar-refractivity contribution < 1.29 is 0 Å². The van der Waals surface area contributed by atoms with E-state index in [0.29, 0.717) is 0 Å². The molecule has 0 atom stereocenters. The van der Waals surface area contributed by atoms with Crippen LogP contribution in [0, 0.1) is 0 Å². The van der Waals surface area contributed by atoms with Crippen molar-refractivity contribution in [3.8, 4) is 0 Å². The second-order valence-electron chi connectivity index (χ2n) is 1.50. The van der Waals surface area contributed by atoms with Crippen molar-refractivity contribution in [1.29, 1.82) is 0 Å². The van der Waals surface area contributed by atoms with E-state index >= 15 is 0 Å². The van der Waals surface area contributed by atoms with Crippen molar-refractivity contribution in [2.45, 2.75) is 0 Å². The Kier molecular flexibility index (Phi) is 0.940. The lowest BCUT2D eigenvalue weighted by Gasteiger charge is -1.69. The molecule has 0 aliphatic carbocycles. The molecule has 0 unspecified atom stereocenters. The van der Waals surface area contributed by atoms with Crippen molar-refractivity contribution in [3.05, 3.63) is 21.2 Å². The van der Waals surface area contributed by atoms with Gasteiger partial charge in [-0.25, -0.2) is 4.40 Å². The van der Waals surface area contributed by atoms with Crippen LogP contribution in [-0.2, 0) is 0 Å². The highest BCUT2D eigenvalue weighted by Gasteiger charge is 1.97. The van der Waals surface area contributed by atoms with E-state index < -0.39 is 0 Å². The summed E-state index contributed by atoms with van der Waals surface area (Å²) >= 11 is 2.46. The molecular formula is C4H2N2OS2. The molecule has 0 aromatic carbocycles. The molecule has 0 fully saturated rings. The summed E-state index contributed by atoms with van der Waals surface area (Å²) in [5.41, 5.74) is 0. The normalized spacial score (nSPS) is 10.7. The third-order valence-corrected chi connectivity index (χ3v) is 2.48. The lowest BCUT2D eigenvalue weighted by atomic mass is 11.0. The Morgan fingerprint density at radius 1 is 1.67 bits per heavy atom. The smallest absolute Gasteiger partial charge is 0.255 e. The highest BCUT2D eigenvalue weighted by Crippen LogP contribution is 2.05. The minimum atomic E-state index is -0.00810. The zero-order chi connectivity index (χ0) is 6.27. The van der Waals surface area contributed by atoms with E-state index in [1.807, 2.05) is 5.38 Å². The average molecular weight is 158 g/mol. The molecule has 5 heteroatoms. The molecule has 0 saturated carbocycles. The molecule has 3 nitrogen and oxygen atoms in total. The molecule has 0 bridgehead atoms. The van der Waals surface area contributed by atoms with E-state index in [1.54, 1.807) is 6.20 Å². The monoisotopic (exact) mass is 158 g/mol. The topological polar surface area (TPSA) is 34.4 Å². The van der Waals surface area contributed by atoms with Gasteiger partial charge >= 0.3 is 4.87 Å². The SMILES string of the molecule is O=c1snc2sccn12. The summed E-state index contributed by atoms with van der Waals surface area (Å²) in [7, 11) is 0. The predicted molar refractivity (Wildman–Crippen MR) is 37.2 cm³/mol. The van der Waals surface area contributed by atoms with Crippen LogP contribution in [0.1, 0.15) is 0 Å². The summed E-state index contributed by atoms with van der Waals surface area (Å²) < 4.78 is 5.43. The number of aromatic nitrogens is 2. The van der Waals surface area contributed by atoms with Gasteiger partial charge in [-0.15, -0.1) is 11.3 Å². The maximum atomic E-state index is 10.8. The zero-order valence-electron chi connectivity index (χ0n) is 4.27. The van der Waals surface area contributed by atoms with Gasteiger partial charge in [-0.3, -0.25) is 4.79 Å². The Bertz CT molecular complexity index is 371. The fourth-order valence-corrected chi connectivity index (χ4v) is 1.98. The molecule has 0 aliphatic rings. The van der Waals surface area contributed by atoms with Gasteiger partial charge < -0.3 is 0 Å². The van der Waals surface area contributed by atoms with E-state index in [9.17, 15) is 4.79 Å². The number of hydrogen-bond donors (Lipinski definition) is 0. The van der Waals surface area contributed by atoms with Gasteiger partial charge in [0.05, 0.1) is 0 Å². The van der Waals surface area contributed by atoms with E-state index in [4.69, 9.17) is 0 Å². The third-order valence-electron chi connectivity index (χ3n) is 0.988. The Morgan fingerprint density at radius 3 is 3.33 bits per heavy atom. The zero-order valence-corrected chi connectivity index (χ0v) is 5.91. The van der Waals surface area contributed by atoms with Crippen LogP contribution >= 0.6 is 22.9 Å². The number of nitrogens with zero attached hydrogens (tertiary/aromatic N) is 2. The standard InChI is InChI=1S/C4H2N2OS2/c7-4-6-1-2-8-3(6)5-9-4/h1-2H. The highest BCUT2D eigenvalue weighted by atomic mass is 32.1. The number of rotatable bonds is 0. The van der Waals surface area contributed by atoms with Gasteiger partial charge in [0.1, 0.15) is 0 Å². The van der Waals surface area contributed by atoms with Crippen molar-refractivity contribution in [3.63, 3.8) is 0 Å². The van der Waals surface area contributed by atoms with Crippen LogP contribution < -0.4 is 4.87 Å². The second kappa shape index (κ2) is 1.65. The first-order valence-corrected chi connectivity index (χ1v) is 3.95. The Hall–Kier alpha value is -0.680. The fourth-order valence-electron chi connectivity index (χ4n) is 0.599. The predicted octanol–water partition coefficient (Wildman–Crippen LogP) is 0.817. The van der Waals surface area contributed by atoms with Crippen molar-refractivity contribution in [1.82, 2.24) is 8.77 Å². The molecule has 46 valence electrons. The maximum absolute atomic E-state index is 10.8. The number of hydrogen-bond acceptors (Lipinski definition) is 4.